The molecule has 8 heteroatoms. The molecule has 0 unspecified atom stereocenters. The Balaban J connectivity index is 1.67. The smallest absolute Gasteiger partial charge is 0.332 e. The van der Waals surface area contributed by atoms with Crippen LogP contribution in [0.1, 0.15) is 11.3 Å². The zero-order valence-corrected chi connectivity index (χ0v) is 15.2. The predicted molar refractivity (Wildman–Crippen MR) is 109 cm³/mol. The molecule has 142 valence electrons. The zero-order valence-electron chi connectivity index (χ0n) is 15.2. The molecular formula is C21H16N6O2. The highest BCUT2D eigenvalue weighted by Crippen LogP contribution is 2.23. The van der Waals surface area contributed by atoms with Crippen LogP contribution < -0.4 is 11.2 Å². The van der Waals surface area contributed by atoms with Gasteiger partial charge >= 0.3 is 5.69 Å². The summed E-state index contributed by atoms with van der Waals surface area (Å²) >= 11 is 0. The molecule has 5 aromatic rings. The van der Waals surface area contributed by atoms with Gasteiger partial charge in [0.2, 0.25) is 0 Å². The zero-order chi connectivity index (χ0) is 19.8. The van der Waals surface area contributed by atoms with Crippen LogP contribution in [0.3, 0.4) is 0 Å². The minimum absolute atomic E-state index is 0.232. The van der Waals surface area contributed by atoms with E-state index in [1.54, 1.807) is 18.3 Å². The molecule has 0 aliphatic heterocycles. The number of nitrogens with zero attached hydrogens (tertiary/aromatic N) is 3. The molecule has 0 atom stereocenters. The van der Waals surface area contributed by atoms with E-state index in [0.717, 1.165) is 16.8 Å². The lowest BCUT2D eigenvalue weighted by Crippen LogP contribution is -2.29. The van der Waals surface area contributed by atoms with Gasteiger partial charge in [-0.2, -0.15) is 5.10 Å². The van der Waals surface area contributed by atoms with Crippen molar-refractivity contribution in [2.45, 2.75) is 6.42 Å². The number of rotatable bonds is 4. The number of H-pyrrole nitrogens is 3. The lowest BCUT2D eigenvalue weighted by Gasteiger charge is -2.04. The first kappa shape index (κ1) is 16.9. The van der Waals surface area contributed by atoms with E-state index in [0.29, 0.717) is 17.9 Å². The molecule has 0 spiro atoms. The van der Waals surface area contributed by atoms with E-state index >= 15 is 0 Å². The molecule has 3 aromatic heterocycles. The van der Waals surface area contributed by atoms with Gasteiger partial charge in [0.05, 0.1) is 23.1 Å². The Morgan fingerprint density at radius 2 is 1.62 bits per heavy atom. The van der Waals surface area contributed by atoms with E-state index in [4.69, 9.17) is 0 Å². The van der Waals surface area contributed by atoms with Crippen molar-refractivity contribution >= 4 is 11.2 Å². The Bertz CT molecular complexity index is 1410. The summed E-state index contributed by atoms with van der Waals surface area (Å²) in [6.45, 7) is 0. The molecule has 0 amide bonds. The second-order valence-corrected chi connectivity index (χ2v) is 6.64. The fourth-order valence-corrected chi connectivity index (χ4v) is 3.39. The number of para-hydroxylation sites is 1. The summed E-state index contributed by atoms with van der Waals surface area (Å²) in [6.07, 6.45) is 2.30. The van der Waals surface area contributed by atoms with E-state index in [9.17, 15) is 9.59 Å². The Morgan fingerprint density at radius 1 is 0.897 bits per heavy atom. The van der Waals surface area contributed by atoms with Gasteiger partial charge in [0.1, 0.15) is 5.82 Å². The van der Waals surface area contributed by atoms with Crippen LogP contribution in [-0.4, -0.2) is 29.7 Å². The van der Waals surface area contributed by atoms with Crippen LogP contribution in [0.15, 0.2) is 76.4 Å². The molecule has 3 N–H and O–H groups in total. The molecule has 2 aromatic carbocycles. The highest BCUT2D eigenvalue weighted by molar-refractivity contribution is 5.77. The van der Waals surface area contributed by atoms with E-state index in [1.807, 2.05) is 48.5 Å². The number of hydrogen-bond acceptors (Lipinski definition) is 4. The van der Waals surface area contributed by atoms with Crippen LogP contribution in [0.5, 0.6) is 0 Å². The molecule has 5 rings (SSSR count). The van der Waals surface area contributed by atoms with Crippen molar-refractivity contribution in [3.63, 3.8) is 0 Å². The second-order valence-electron chi connectivity index (χ2n) is 6.64. The van der Waals surface area contributed by atoms with Gasteiger partial charge in [-0.3, -0.25) is 14.9 Å². The number of aromatic nitrogens is 6. The molecule has 0 bridgehead atoms. The summed E-state index contributed by atoms with van der Waals surface area (Å²) in [7, 11) is 0. The van der Waals surface area contributed by atoms with Gasteiger partial charge < -0.3 is 4.98 Å². The lowest BCUT2D eigenvalue weighted by molar-refractivity contribution is 0.931. The van der Waals surface area contributed by atoms with Crippen molar-refractivity contribution in [3.05, 3.63) is 99.0 Å². The first-order chi connectivity index (χ1) is 14.2. The number of fused-ring (bicyclic) bond motifs is 1. The van der Waals surface area contributed by atoms with Gasteiger partial charge in [-0.15, -0.1) is 0 Å². The predicted octanol–water partition coefficient (Wildman–Crippen LogP) is 2.38. The van der Waals surface area contributed by atoms with Crippen LogP contribution in [0, 0.1) is 0 Å². The molecule has 0 radical (unpaired) electrons. The first-order valence-electron chi connectivity index (χ1n) is 9.08. The first-order valence-corrected chi connectivity index (χ1v) is 9.08. The number of aromatic amines is 3. The number of nitrogens with one attached hydrogen (secondary N) is 3. The van der Waals surface area contributed by atoms with Crippen molar-refractivity contribution in [2.75, 3.05) is 0 Å². The fourth-order valence-electron chi connectivity index (χ4n) is 3.39. The maximum absolute atomic E-state index is 12.5. The molecule has 0 saturated carbocycles. The number of benzene rings is 2. The summed E-state index contributed by atoms with van der Waals surface area (Å²) in [5.41, 5.74) is 2.80. The van der Waals surface area contributed by atoms with Crippen molar-refractivity contribution in [1.82, 2.24) is 29.7 Å². The molecule has 0 saturated heterocycles. The van der Waals surface area contributed by atoms with Crippen molar-refractivity contribution in [2.24, 2.45) is 0 Å². The van der Waals surface area contributed by atoms with Crippen LogP contribution in [-0.2, 0) is 6.42 Å². The molecule has 0 fully saturated rings. The minimum atomic E-state index is -0.538. The van der Waals surface area contributed by atoms with E-state index in [-0.39, 0.29) is 11.2 Å². The topological polar surface area (TPSA) is 112 Å². The van der Waals surface area contributed by atoms with Crippen LogP contribution in [0.25, 0.3) is 28.2 Å². The van der Waals surface area contributed by atoms with E-state index < -0.39 is 11.2 Å². The molecule has 8 nitrogen and oxygen atoms in total. The molecule has 0 aliphatic rings. The Morgan fingerprint density at radius 3 is 2.38 bits per heavy atom. The Kier molecular flexibility index (Phi) is 3.94. The summed E-state index contributed by atoms with van der Waals surface area (Å²) < 4.78 is 1.38. The Hall–Kier alpha value is -4.20. The molecule has 3 heterocycles. The van der Waals surface area contributed by atoms with Gasteiger partial charge in [0.25, 0.3) is 5.56 Å². The molecule has 0 aliphatic carbocycles. The number of imidazole rings is 1. The normalized spacial score (nSPS) is 11.2. The third kappa shape index (κ3) is 2.96. The standard InChI is InChI=1S/C21H16N6O2/c28-20-17-19(27(21(29)25-20)14-9-5-2-6-10-14)24-18(23-17)15-12-22-26-16(15)11-13-7-3-1-4-8-13/h1-10,12H,11H2,(H,22,26)(H,23,24)(H,25,28,29). The number of hydrogen-bond donors (Lipinski definition) is 3. The third-order valence-corrected chi connectivity index (χ3v) is 4.76. The maximum Gasteiger partial charge on any atom is 0.334 e. The van der Waals surface area contributed by atoms with Crippen molar-refractivity contribution in [1.29, 1.82) is 0 Å². The highest BCUT2D eigenvalue weighted by Gasteiger charge is 2.18. The minimum Gasteiger partial charge on any atom is -0.332 e. The molecule has 29 heavy (non-hydrogen) atoms. The van der Waals surface area contributed by atoms with E-state index in [2.05, 4.69) is 25.1 Å². The molecular weight excluding hydrogens is 368 g/mol. The largest absolute Gasteiger partial charge is 0.334 e. The summed E-state index contributed by atoms with van der Waals surface area (Å²) in [6, 6.07) is 19.0. The second kappa shape index (κ2) is 6.75. The summed E-state index contributed by atoms with van der Waals surface area (Å²) in [4.78, 5) is 34.9. The average Bonchev–Trinajstić information content (AvgIpc) is 3.37. The van der Waals surface area contributed by atoms with Gasteiger partial charge in [0.15, 0.2) is 11.2 Å². The lowest BCUT2D eigenvalue weighted by atomic mass is 10.1. The van der Waals surface area contributed by atoms with Crippen LogP contribution >= 0.6 is 0 Å². The summed E-state index contributed by atoms with van der Waals surface area (Å²) in [5.74, 6) is 0.473. The van der Waals surface area contributed by atoms with Crippen LogP contribution in [0.4, 0.5) is 0 Å². The van der Waals surface area contributed by atoms with Gasteiger partial charge in [-0.25, -0.2) is 14.3 Å². The van der Waals surface area contributed by atoms with Crippen molar-refractivity contribution < 1.29 is 0 Å². The van der Waals surface area contributed by atoms with Gasteiger partial charge in [-0.05, 0) is 17.7 Å². The fraction of sp³-hybridized carbons (Fsp3) is 0.0476. The van der Waals surface area contributed by atoms with Crippen LogP contribution in [0.2, 0.25) is 0 Å². The average molecular weight is 384 g/mol. The maximum atomic E-state index is 12.5. The van der Waals surface area contributed by atoms with Crippen molar-refractivity contribution in [3.8, 4) is 17.1 Å². The Labute approximate surface area is 163 Å². The van der Waals surface area contributed by atoms with E-state index in [1.165, 1.54) is 4.57 Å². The SMILES string of the molecule is O=c1[nH]c(=O)n(-c2ccccc2)c2nc(-c3cn[nH]c3Cc3ccccc3)[nH]c12. The highest BCUT2D eigenvalue weighted by atomic mass is 16.2. The third-order valence-electron chi connectivity index (χ3n) is 4.76. The van der Waals surface area contributed by atoms with Gasteiger partial charge in [-0.1, -0.05) is 48.5 Å². The monoisotopic (exact) mass is 384 g/mol. The quantitative estimate of drug-likeness (QED) is 0.442. The summed E-state index contributed by atoms with van der Waals surface area (Å²) in [5, 5.41) is 7.15. The van der Waals surface area contributed by atoms with Gasteiger partial charge in [0, 0.05) is 6.42 Å².